The van der Waals surface area contributed by atoms with E-state index in [0.717, 1.165) is 12.8 Å². The molecule has 7 nitrogen and oxygen atoms in total. The molecule has 1 aromatic rings. The van der Waals surface area contributed by atoms with Gasteiger partial charge >= 0.3 is 6.01 Å². The van der Waals surface area contributed by atoms with Gasteiger partial charge in [-0.3, -0.25) is 0 Å². The highest BCUT2D eigenvalue weighted by molar-refractivity contribution is 5.35. The fourth-order valence-corrected chi connectivity index (χ4v) is 1.41. The normalized spacial score (nSPS) is 12.3. The number of anilines is 2. The van der Waals surface area contributed by atoms with Crippen molar-refractivity contribution in [1.82, 2.24) is 15.0 Å². The lowest BCUT2D eigenvalue weighted by Crippen LogP contribution is -2.14. The van der Waals surface area contributed by atoms with Crippen molar-refractivity contribution in [1.29, 1.82) is 0 Å². The summed E-state index contributed by atoms with van der Waals surface area (Å²) in [6.45, 7) is 6.30. The molecule has 0 aliphatic rings. The van der Waals surface area contributed by atoms with Gasteiger partial charge < -0.3 is 20.5 Å². The Morgan fingerprint density at radius 3 is 2.42 bits per heavy atom. The maximum Gasteiger partial charge on any atom is 0.323 e. The minimum atomic E-state index is -0.284. The van der Waals surface area contributed by atoms with Crippen molar-refractivity contribution in [2.24, 2.45) is 0 Å². The van der Waals surface area contributed by atoms with Gasteiger partial charge in [-0.05, 0) is 33.6 Å². The van der Waals surface area contributed by atoms with Crippen LogP contribution >= 0.6 is 0 Å². The molecule has 0 aliphatic heterocycles. The maximum absolute atomic E-state index is 9.18. The summed E-state index contributed by atoms with van der Waals surface area (Å²) in [5.74, 6) is 0.935. The molecular formula is C12H23N5O2. The van der Waals surface area contributed by atoms with Crippen LogP contribution in [0.2, 0.25) is 0 Å². The average Bonchev–Trinajstić information content (AvgIpc) is 2.33. The third kappa shape index (κ3) is 6.19. The van der Waals surface area contributed by atoms with E-state index in [4.69, 9.17) is 4.74 Å². The predicted molar refractivity (Wildman–Crippen MR) is 74.5 cm³/mol. The van der Waals surface area contributed by atoms with Crippen LogP contribution < -0.4 is 15.4 Å². The summed E-state index contributed by atoms with van der Waals surface area (Å²) in [5, 5.41) is 15.1. The van der Waals surface area contributed by atoms with Crippen LogP contribution in [0, 0.1) is 0 Å². The highest BCUT2D eigenvalue weighted by Gasteiger charge is 2.08. The van der Waals surface area contributed by atoms with Crippen LogP contribution in [-0.4, -0.2) is 45.9 Å². The number of hydrogen-bond donors (Lipinski definition) is 3. The molecule has 1 aromatic heterocycles. The summed E-state index contributed by atoms with van der Waals surface area (Å²) in [7, 11) is 1.74. The number of nitrogens with zero attached hydrogens (tertiary/aromatic N) is 3. The summed E-state index contributed by atoms with van der Waals surface area (Å²) in [4.78, 5) is 12.5. The van der Waals surface area contributed by atoms with Crippen LogP contribution in [0.4, 0.5) is 11.9 Å². The Balaban J connectivity index is 2.60. The largest absolute Gasteiger partial charge is 0.461 e. The standard InChI is InChI=1S/C12H23N5O2/c1-8(2)19-12-16-10(13-4)15-11(17-12)14-7-5-6-9(3)18/h8-9,18H,5-7H2,1-4H3,(H2,13,14,15,16,17). The summed E-state index contributed by atoms with van der Waals surface area (Å²) in [6, 6.07) is 0.298. The van der Waals surface area contributed by atoms with Gasteiger partial charge in [0.25, 0.3) is 0 Å². The number of rotatable bonds is 8. The zero-order valence-corrected chi connectivity index (χ0v) is 12.0. The van der Waals surface area contributed by atoms with E-state index in [1.807, 2.05) is 13.8 Å². The van der Waals surface area contributed by atoms with Crippen LogP contribution in [0.3, 0.4) is 0 Å². The molecule has 1 heterocycles. The number of ether oxygens (including phenoxy) is 1. The average molecular weight is 269 g/mol. The Labute approximate surface area is 113 Å². The Bertz CT molecular complexity index is 384. The Kier molecular flexibility index (Phi) is 6.27. The first-order valence-corrected chi connectivity index (χ1v) is 6.53. The van der Waals surface area contributed by atoms with Crippen molar-refractivity contribution in [2.45, 2.75) is 45.8 Å². The van der Waals surface area contributed by atoms with E-state index in [9.17, 15) is 5.11 Å². The fraction of sp³-hybridized carbons (Fsp3) is 0.750. The third-order valence-electron chi connectivity index (χ3n) is 2.26. The van der Waals surface area contributed by atoms with E-state index in [1.54, 1.807) is 14.0 Å². The highest BCUT2D eigenvalue weighted by Crippen LogP contribution is 2.12. The van der Waals surface area contributed by atoms with Crippen LogP contribution in [0.1, 0.15) is 33.6 Å². The summed E-state index contributed by atoms with van der Waals surface area (Å²) < 4.78 is 5.46. The van der Waals surface area contributed by atoms with E-state index in [-0.39, 0.29) is 12.2 Å². The zero-order valence-electron chi connectivity index (χ0n) is 12.0. The van der Waals surface area contributed by atoms with Gasteiger partial charge in [0.05, 0.1) is 12.2 Å². The van der Waals surface area contributed by atoms with Crippen molar-refractivity contribution in [3.8, 4) is 6.01 Å². The molecule has 3 N–H and O–H groups in total. The monoisotopic (exact) mass is 269 g/mol. The summed E-state index contributed by atoms with van der Waals surface area (Å²) >= 11 is 0. The highest BCUT2D eigenvalue weighted by atomic mass is 16.5. The second-order valence-corrected chi connectivity index (χ2v) is 4.60. The zero-order chi connectivity index (χ0) is 14.3. The first-order valence-electron chi connectivity index (χ1n) is 6.53. The number of aromatic nitrogens is 3. The molecule has 1 atom stereocenters. The first-order chi connectivity index (χ1) is 9.01. The van der Waals surface area contributed by atoms with Crippen molar-refractivity contribution in [2.75, 3.05) is 24.2 Å². The molecular weight excluding hydrogens is 246 g/mol. The molecule has 0 saturated carbocycles. The lowest BCUT2D eigenvalue weighted by molar-refractivity contribution is 0.183. The number of hydrogen-bond acceptors (Lipinski definition) is 7. The molecule has 1 unspecified atom stereocenters. The van der Waals surface area contributed by atoms with Crippen molar-refractivity contribution in [3.63, 3.8) is 0 Å². The summed E-state index contributed by atoms with van der Waals surface area (Å²) in [6.07, 6.45) is 1.31. The van der Waals surface area contributed by atoms with E-state index < -0.39 is 0 Å². The van der Waals surface area contributed by atoms with Crippen molar-refractivity contribution < 1.29 is 9.84 Å². The van der Waals surface area contributed by atoms with Crippen molar-refractivity contribution >= 4 is 11.9 Å². The van der Waals surface area contributed by atoms with Gasteiger partial charge in [-0.25, -0.2) is 0 Å². The Morgan fingerprint density at radius 1 is 1.16 bits per heavy atom. The third-order valence-corrected chi connectivity index (χ3v) is 2.26. The molecule has 1 rings (SSSR count). The Hall–Kier alpha value is -1.63. The molecule has 0 amide bonds. The van der Waals surface area contributed by atoms with E-state index in [0.29, 0.717) is 24.5 Å². The van der Waals surface area contributed by atoms with Gasteiger partial charge in [-0.15, -0.1) is 0 Å². The van der Waals surface area contributed by atoms with E-state index >= 15 is 0 Å². The molecule has 0 saturated heterocycles. The van der Waals surface area contributed by atoms with Gasteiger partial charge in [0.1, 0.15) is 0 Å². The van der Waals surface area contributed by atoms with Gasteiger partial charge in [0.15, 0.2) is 0 Å². The van der Waals surface area contributed by atoms with Crippen LogP contribution in [0.5, 0.6) is 6.01 Å². The first kappa shape index (κ1) is 15.4. The van der Waals surface area contributed by atoms with Gasteiger partial charge in [-0.2, -0.15) is 15.0 Å². The SMILES string of the molecule is CNc1nc(NCCCC(C)O)nc(OC(C)C)n1. The molecule has 0 bridgehead atoms. The van der Waals surface area contributed by atoms with Gasteiger partial charge in [-0.1, -0.05) is 0 Å². The molecule has 0 radical (unpaired) electrons. The smallest absolute Gasteiger partial charge is 0.323 e. The van der Waals surface area contributed by atoms with Gasteiger partial charge in [0.2, 0.25) is 11.9 Å². The fourth-order valence-electron chi connectivity index (χ4n) is 1.41. The second-order valence-electron chi connectivity index (χ2n) is 4.60. The predicted octanol–water partition coefficient (Wildman–Crippen LogP) is 1.27. The van der Waals surface area contributed by atoms with Crippen LogP contribution in [-0.2, 0) is 0 Å². The molecule has 0 aliphatic carbocycles. The lowest BCUT2D eigenvalue weighted by atomic mass is 10.2. The maximum atomic E-state index is 9.18. The minimum Gasteiger partial charge on any atom is -0.461 e. The quantitative estimate of drug-likeness (QED) is 0.612. The topological polar surface area (TPSA) is 92.2 Å². The Morgan fingerprint density at radius 2 is 1.84 bits per heavy atom. The number of aliphatic hydroxyl groups excluding tert-OH is 1. The number of aliphatic hydroxyl groups is 1. The molecule has 108 valence electrons. The van der Waals surface area contributed by atoms with Gasteiger partial charge in [0, 0.05) is 13.6 Å². The van der Waals surface area contributed by atoms with Crippen LogP contribution in [0.25, 0.3) is 0 Å². The van der Waals surface area contributed by atoms with E-state index in [1.165, 1.54) is 0 Å². The molecule has 0 aromatic carbocycles. The van der Waals surface area contributed by atoms with Crippen molar-refractivity contribution in [3.05, 3.63) is 0 Å². The second kappa shape index (κ2) is 7.73. The summed E-state index contributed by atoms with van der Waals surface area (Å²) in [5.41, 5.74) is 0. The molecule has 19 heavy (non-hydrogen) atoms. The molecule has 0 spiro atoms. The van der Waals surface area contributed by atoms with Crippen LogP contribution in [0.15, 0.2) is 0 Å². The number of nitrogens with one attached hydrogen (secondary N) is 2. The molecule has 7 heteroatoms. The minimum absolute atomic E-state index is 0.00944. The molecule has 0 fully saturated rings. The van der Waals surface area contributed by atoms with E-state index in [2.05, 4.69) is 25.6 Å². The lowest BCUT2D eigenvalue weighted by Gasteiger charge is -2.11.